The molecular weight excluding hydrogens is 298 g/mol. The summed E-state index contributed by atoms with van der Waals surface area (Å²) in [5, 5.41) is 0.717. The van der Waals surface area contributed by atoms with Crippen LogP contribution in [-0.4, -0.2) is 44.2 Å². The van der Waals surface area contributed by atoms with Gasteiger partial charge in [0, 0.05) is 25.2 Å². The fourth-order valence-corrected chi connectivity index (χ4v) is 4.02. The summed E-state index contributed by atoms with van der Waals surface area (Å²) in [5.41, 5.74) is 7.56. The molecule has 2 saturated heterocycles. The van der Waals surface area contributed by atoms with Gasteiger partial charge in [-0.1, -0.05) is 18.0 Å². The number of piperidine rings is 2. The Labute approximate surface area is 138 Å². The first-order valence-electron chi connectivity index (χ1n) is 8.31. The molecule has 5 heteroatoms. The maximum Gasteiger partial charge on any atom is 0.143 e. The van der Waals surface area contributed by atoms with Crippen molar-refractivity contribution in [3.05, 3.63) is 17.2 Å². The molecule has 0 saturated carbocycles. The fraction of sp³-hybridized carbons (Fsp3) is 0.647. The van der Waals surface area contributed by atoms with E-state index in [0.717, 1.165) is 29.8 Å². The quantitative estimate of drug-likeness (QED) is 0.866. The average Bonchev–Trinajstić information content (AvgIpc) is 2.56. The summed E-state index contributed by atoms with van der Waals surface area (Å²) in [6.45, 7) is 4.66. The van der Waals surface area contributed by atoms with Crippen LogP contribution >= 0.6 is 11.6 Å². The monoisotopic (exact) mass is 323 g/mol. The van der Waals surface area contributed by atoms with Crippen LogP contribution in [0.1, 0.15) is 32.1 Å². The Morgan fingerprint density at radius 2 is 1.77 bits per heavy atom. The first kappa shape index (κ1) is 15.8. The lowest BCUT2D eigenvalue weighted by atomic mass is 9.99. The van der Waals surface area contributed by atoms with E-state index in [2.05, 4.69) is 9.80 Å². The van der Waals surface area contributed by atoms with Crippen LogP contribution in [0.3, 0.4) is 0 Å². The zero-order chi connectivity index (χ0) is 15.5. The van der Waals surface area contributed by atoms with Crippen molar-refractivity contribution in [1.29, 1.82) is 0 Å². The first-order valence-corrected chi connectivity index (χ1v) is 8.69. The largest absolute Gasteiger partial charge is 0.495 e. The summed E-state index contributed by atoms with van der Waals surface area (Å²) in [4.78, 5) is 5.05. The summed E-state index contributed by atoms with van der Waals surface area (Å²) >= 11 is 6.39. The molecular formula is C17H26ClN3O. The summed E-state index contributed by atoms with van der Waals surface area (Å²) < 4.78 is 5.33. The predicted octanol–water partition coefficient (Wildman–Crippen LogP) is 3.39. The summed E-state index contributed by atoms with van der Waals surface area (Å²) in [6, 6.07) is 4.51. The van der Waals surface area contributed by atoms with E-state index in [4.69, 9.17) is 22.1 Å². The molecule has 2 aliphatic rings. The minimum atomic E-state index is 0.597. The number of methoxy groups -OCH3 is 1. The number of anilines is 2. The first-order chi connectivity index (χ1) is 10.7. The second-order valence-corrected chi connectivity index (χ2v) is 6.77. The Morgan fingerprint density at radius 3 is 2.41 bits per heavy atom. The Bertz CT molecular complexity index is 509. The van der Waals surface area contributed by atoms with Crippen molar-refractivity contribution in [2.75, 3.05) is 43.9 Å². The number of halogens is 1. The van der Waals surface area contributed by atoms with Crippen LogP contribution < -0.4 is 15.4 Å². The number of likely N-dealkylation sites (tertiary alicyclic amines) is 1. The topological polar surface area (TPSA) is 41.7 Å². The third kappa shape index (κ3) is 3.28. The molecule has 0 amide bonds. The van der Waals surface area contributed by atoms with Crippen LogP contribution in [0.25, 0.3) is 0 Å². The minimum Gasteiger partial charge on any atom is -0.495 e. The molecule has 0 unspecified atom stereocenters. The van der Waals surface area contributed by atoms with E-state index < -0.39 is 0 Å². The van der Waals surface area contributed by atoms with Gasteiger partial charge in [-0.05, 0) is 44.8 Å². The van der Waals surface area contributed by atoms with Gasteiger partial charge in [0.2, 0.25) is 0 Å². The van der Waals surface area contributed by atoms with Gasteiger partial charge in [0.1, 0.15) is 5.75 Å². The molecule has 0 bridgehead atoms. The van der Waals surface area contributed by atoms with Crippen LogP contribution in [0, 0.1) is 0 Å². The van der Waals surface area contributed by atoms with Gasteiger partial charge in [-0.3, -0.25) is 0 Å². The highest BCUT2D eigenvalue weighted by atomic mass is 35.5. The van der Waals surface area contributed by atoms with E-state index in [-0.39, 0.29) is 0 Å². The van der Waals surface area contributed by atoms with E-state index in [9.17, 15) is 0 Å². The van der Waals surface area contributed by atoms with Gasteiger partial charge in [-0.25, -0.2) is 0 Å². The van der Waals surface area contributed by atoms with Gasteiger partial charge in [0.15, 0.2) is 0 Å². The maximum atomic E-state index is 6.39. The summed E-state index contributed by atoms with van der Waals surface area (Å²) in [5.74, 6) is 0.706. The third-order valence-corrected chi connectivity index (χ3v) is 5.31. The van der Waals surface area contributed by atoms with Crippen LogP contribution in [0.5, 0.6) is 5.75 Å². The average molecular weight is 324 g/mol. The minimum absolute atomic E-state index is 0.597. The van der Waals surface area contributed by atoms with Crippen molar-refractivity contribution in [2.24, 2.45) is 0 Å². The molecule has 0 spiro atoms. The molecule has 122 valence electrons. The molecule has 0 aromatic heterocycles. The SMILES string of the molecule is COc1cc(N2CCC(N3CCCCC3)CC2)c(Cl)cc1N. The van der Waals surface area contributed by atoms with Gasteiger partial charge in [0.05, 0.1) is 23.5 Å². The standard InChI is InChI=1S/C17H26ClN3O/c1-22-17-12-16(14(18)11-15(17)19)21-9-5-13(6-10-21)20-7-3-2-4-8-20/h11-13H,2-10,19H2,1H3. The van der Waals surface area contributed by atoms with Gasteiger partial charge in [-0.15, -0.1) is 0 Å². The molecule has 2 N–H and O–H groups in total. The highest BCUT2D eigenvalue weighted by Crippen LogP contribution is 2.36. The molecule has 0 radical (unpaired) electrons. The highest BCUT2D eigenvalue weighted by molar-refractivity contribution is 6.33. The number of hydrogen-bond acceptors (Lipinski definition) is 4. The van der Waals surface area contributed by atoms with Gasteiger partial charge >= 0.3 is 0 Å². The number of nitrogens with zero attached hydrogens (tertiary/aromatic N) is 2. The fourth-order valence-electron chi connectivity index (χ4n) is 3.73. The number of nitrogen functional groups attached to an aromatic ring is 1. The maximum absolute atomic E-state index is 6.39. The van der Waals surface area contributed by atoms with Crippen molar-refractivity contribution in [3.8, 4) is 5.75 Å². The number of hydrogen-bond donors (Lipinski definition) is 1. The van der Waals surface area contributed by atoms with Crippen molar-refractivity contribution in [1.82, 2.24) is 4.90 Å². The molecule has 2 fully saturated rings. The predicted molar refractivity (Wildman–Crippen MR) is 93.1 cm³/mol. The zero-order valence-electron chi connectivity index (χ0n) is 13.4. The van der Waals surface area contributed by atoms with E-state index in [1.54, 1.807) is 13.2 Å². The highest BCUT2D eigenvalue weighted by Gasteiger charge is 2.26. The lowest BCUT2D eigenvalue weighted by Crippen LogP contribution is -2.46. The smallest absolute Gasteiger partial charge is 0.143 e. The lowest BCUT2D eigenvalue weighted by Gasteiger charge is -2.41. The Balaban J connectivity index is 1.66. The number of ether oxygens (including phenoxy) is 1. The van der Waals surface area contributed by atoms with Gasteiger partial charge in [-0.2, -0.15) is 0 Å². The normalized spacial score (nSPS) is 21.1. The Morgan fingerprint density at radius 1 is 1.09 bits per heavy atom. The van der Waals surface area contributed by atoms with Crippen LogP contribution in [0.4, 0.5) is 11.4 Å². The zero-order valence-corrected chi connectivity index (χ0v) is 14.1. The van der Waals surface area contributed by atoms with Crippen LogP contribution in [0.15, 0.2) is 12.1 Å². The molecule has 0 atom stereocenters. The summed E-state index contributed by atoms with van der Waals surface area (Å²) in [6.07, 6.45) is 6.55. The molecule has 1 aromatic carbocycles. The van der Waals surface area contributed by atoms with Gasteiger partial charge in [0.25, 0.3) is 0 Å². The molecule has 2 aliphatic heterocycles. The number of nitrogens with two attached hydrogens (primary N) is 1. The van der Waals surface area contributed by atoms with Crippen LogP contribution in [-0.2, 0) is 0 Å². The van der Waals surface area contributed by atoms with E-state index >= 15 is 0 Å². The lowest BCUT2D eigenvalue weighted by molar-refractivity contribution is 0.141. The van der Waals surface area contributed by atoms with Crippen LogP contribution in [0.2, 0.25) is 5.02 Å². The van der Waals surface area contributed by atoms with Gasteiger partial charge < -0.3 is 20.3 Å². The molecule has 0 aliphatic carbocycles. The Kier molecular flexibility index (Phi) is 4.99. The van der Waals surface area contributed by atoms with Crippen molar-refractivity contribution in [2.45, 2.75) is 38.1 Å². The van der Waals surface area contributed by atoms with Crippen molar-refractivity contribution < 1.29 is 4.74 Å². The second kappa shape index (κ2) is 6.97. The molecule has 2 heterocycles. The second-order valence-electron chi connectivity index (χ2n) is 6.36. The number of rotatable bonds is 3. The van der Waals surface area contributed by atoms with Crippen molar-refractivity contribution >= 4 is 23.0 Å². The third-order valence-electron chi connectivity index (χ3n) is 5.01. The van der Waals surface area contributed by atoms with E-state index in [1.807, 2.05) is 6.07 Å². The van der Waals surface area contributed by atoms with Crippen molar-refractivity contribution in [3.63, 3.8) is 0 Å². The number of benzene rings is 1. The Hall–Kier alpha value is -1.13. The van der Waals surface area contributed by atoms with E-state index in [0.29, 0.717) is 11.4 Å². The molecule has 3 rings (SSSR count). The van der Waals surface area contributed by atoms with E-state index in [1.165, 1.54) is 45.2 Å². The molecule has 4 nitrogen and oxygen atoms in total. The molecule has 1 aromatic rings. The molecule has 22 heavy (non-hydrogen) atoms. The summed E-state index contributed by atoms with van der Waals surface area (Å²) in [7, 11) is 1.64.